The second-order valence-corrected chi connectivity index (χ2v) is 4.82. The highest BCUT2D eigenvalue weighted by Crippen LogP contribution is 2.16. The van der Waals surface area contributed by atoms with Crippen LogP contribution in [0.15, 0.2) is 6.20 Å². The van der Waals surface area contributed by atoms with Gasteiger partial charge in [0.15, 0.2) is 5.69 Å². The van der Waals surface area contributed by atoms with Crippen molar-refractivity contribution < 1.29 is 9.53 Å². The van der Waals surface area contributed by atoms with E-state index in [0.29, 0.717) is 30.4 Å². The third-order valence-corrected chi connectivity index (χ3v) is 2.70. The third kappa shape index (κ3) is 4.77. The van der Waals surface area contributed by atoms with Crippen molar-refractivity contribution in [2.45, 2.75) is 33.1 Å². The quantitative estimate of drug-likeness (QED) is 0.710. The van der Waals surface area contributed by atoms with E-state index in [1.807, 2.05) is 13.8 Å². The summed E-state index contributed by atoms with van der Waals surface area (Å²) < 4.78 is 4.92. The van der Waals surface area contributed by atoms with Gasteiger partial charge in [0.25, 0.3) is 5.91 Å². The number of anilines is 1. The largest absolute Gasteiger partial charge is 0.383 e. The molecule has 0 fully saturated rings. The molecule has 0 saturated carbocycles. The van der Waals surface area contributed by atoms with Crippen molar-refractivity contribution in [1.82, 2.24) is 15.3 Å². The van der Waals surface area contributed by atoms with E-state index in [1.165, 1.54) is 0 Å². The smallest absolute Gasteiger partial charge is 0.272 e. The molecule has 1 aromatic rings. The molecule has 1 heterocycles. The fraction of sp³-hybridized carbons (Fsp3) is 0.643. The Bertz CT molecular complexity index is 435. The van der Waals surface area contributed by atoms with Crippen LogP contribution in [0.2, 0.25) is 0 Å². The molecule has 0 saturated heterocycles. The lowest BCUT2D eigenvalue weighted by Gasteiger charge is -2.13. The van der Waals surface area contributed by atoms with Crippen molar-refractivity contribution in [2.75, 3.05) is 32.1 Å². The molecule has 112 valence electrons. The molecule has 0 spiro atoms. The highest BCUT2D eigenvalue weighted by molar-refractivity contribution is 5.97. The molecule has 1 amide bonds. The lowest BCUT2D eigenvalue weighted by Crippen LogP contribution is -2.29. The summed E-state index contributed by atoms with van der Waals surface area (Å²) in [6.45, 7) is 7.79. The van der Waals surface area contributed by atoms with Crippen LogP contribution in [0.5, 0.6) is 0 Å². The lowest BCUT2D eigenvalue weighted by molar-refractivity contribution is 0.0932. The molecule has 20 heavy (non-hydrogen) atoms. The fourth-order valence-electron chi connectivity index (χ4n) is 1.59. The topological polar surface area (TPSA) is 76.1 Å². The fourth-order valence-corrected chi connectivity index (χ4v) is 1.59. The van der Waals surface area contributed by atoms with Crippen LogP contribution in [0.3, 0.4) is 0 Å². The number of amides is 1. The average Bonchev–Trinajstić information content (AvgIpc) is 2.44. The zero-order valence-electron chi connectivity index (χ0n) is 12.7. The van der Waals surface area contributed by atoms with Crippen LogP contribution in [0, 0.1) is 0 Å². The zero-order valence-corrected chi connectivity index (χ0v) is 12.7. The second kappa shape index (κ2) is 8.47. The Hall–Kier alpha value is -1.69. The van der Waals surface area contributed by atoms with Gasteiger partial charge in [-0.25, -0.2) is 9.97 Å². The van der Waals surface area contributed by atoms with Crippen LogP contribution < -0.4 is 10.6 Å². The maximum absolute atomic E-state index is 12.2. The third-order valence-electron chi connectivity index (χ3n) is 2.70. The molecule has 1 aromatic heterocycles. The minimum atomic E-state index is -0.204. The van der Waals surface area contributed by atoms with E-state index in [4.69, 9.17) is 4.74 Å². The molecule has 0 atom stereocenters. The van der Waals surface area contributed by atoms with Gasteiger partial charge in [-0.1, -0.05) is 20.8 Å². The summed E-state index contributed by atoms with van der Waals surface area (Å²) in [5.74, 6) is 0.648. The van der Waals surface area contributed by atoms with Crippen LogP contribution in [-0.4, -0.2) is 42.7 Å². The van der Waals surface area contributed by atoms with Gasteiger partial charge >= 0.3 is 0 Å². The minimum Gasteiger partial charge on any atom is -0.383 e. The molecular weight excluding hydrogens is 256 g/mol. The Kier molecular flexibility index (Phi) is 6.93. The SMILES string of the molecule is CCCNc1cnc(C(C)C)nc1C(=O)NCCOC. The zero-order chi connectivity index (χ0) is 15.0. The Labute approximate surface area is 120 Å². The summed E-state index contributed by atoms with van der Waals surface area (Å²) in [5, 5.41) is 5.97. The standard InChI is InChI=1S/C14H24N4O2/c1-5-6-15-11-9-17-13(10(2)3)18-12(11)14(19)16-7-8-20-4/h9-10,15H,5-8H2,1-4H3,(H,16,19). The van der Waals surface area contributed by atoms with Crippen LogP contribution in [0.25, 0.3) is 0 Å². The first kappa shape index (κ1) is 16.4. The molecule has 0 aliphatic carbocycles. The predicted octanol–water partition coefficient (Wildman–Crippen LogP) is 1.80. The van der Waals surface area contributed by atoms with Gasteiger partial charge in [-0.15, -0.1) is 0 Å². The number of hydrogen-bond donors (Lipinski definition) is 2. The van der Waals surface area contributed by atoms with E-state index in [1.54, 1.807) is 13.3 Å². The minimum absolute atomic E-state index is 0.181. The second-order valence-electron chi connectivity index (χ2n) is 4.82. The van der Waals surface area contributed by atoms with Gasteiger partial charge in [0, 0.05) is 26.1 Å². The monoisotopic (exact) mass is 280 g/mol. The first-order valence-corrected chi connectivity index (χ1v) is 6.98. The number of nitrogens with zero attached hydrogens (tertiary/aromatic N) is 2. The number of carbonyl (C=O) groups excluding carboxylic acids is 1. The van der Waals surface area contributed by atoms with Crippen molar-refractivity contribution in [3.05, 3.63) is 17.7 Å². The van der Waals surface area contributed by atoms with Gasteiger partial charge in [0.05, 0.1) is 18.5 Å². The Morgan fingerprint density at radius 1 is 1.40 bits per heavy atom. The van der Waals surface area contributed by atoms with Crippen molar-refractivity contribution in [3.63, 3.8) is 0 Å². The number of nitrogens with one attached hydrogen (secondary N) is 2. The molecule has 0 aliphatic heterocycles. The van der Waals surface area contributed by atoms with Gasteiger partial charge < -0.3 is 15.4 Å². The number of aromatic nitrogens is 2. The van der Waals surface area contributed by atoms with Gasteiger partial charge in [0.1, 0.15) is 5.82 Å². The Balaban J connectivity index is 2.91. The Morgan fingerprint density at radius 3 is 2.75 bits per heavy atom. The Morgan fingerprint density at radius 2 is 2.15 bits per heavy atom. The van der Waals surface area contributed by atoms with Crippen molar-refractivity contribution in [1.29, 1.82) is 0 Å². The molecule has 0 aliphatic rings. The highest BCUT2D eigenvalue weighted by atomic mass is 16.5. The summed E-state index contributed by atoms with van der Waals surface area (Å²) in [7, 11) is 1.60. The van der Waals surface area contributed by atoms with Gasteiger partial charge in [-0.3, -0.25) is 4.79 Å². The van der Waals surface area contributed by atoms with Crippen LogP contribution in [0.4, 0.5) is 5.69 Å². The van der Waals surface area contributed by atoms with E-state index in [0.717, 1.165) is 13.0 Å². The molecule has 1 rings (SSSR count). The van der Waals surface area contributed by atoms with Crippen LogP contribution in [0.1, 0.15) is 49.4 Å². The summed E-state index contributed by atoms with van der Waals surface area (Å²) in [6.07, 6.45) is 2.65. The molecule has 2 N–H and O–H groups in total. The highest BCUT2D eigenvalue weighted by Gasteiger charge is 2.16. The van der Waals surface area contributed by atoms with Crippen molar-refractivity contribution in [3.8, 4) is 0 Å². The van der Waals surface area contributed by atoms with Gasteiger partial charge in [0.2, 0.25) is 0 Å². The maximum Gasteiger partial charge on any atom is 0.272 e. The summed E-state index contributed by atoms with van der Waals surface area (Å²) in [4.78, 5) is 20.9. The number of rotatable bonds is 8. The first-order chi connectivity index (χ1) is 9.60. The molecule has 6 heteroatoms. The van der Waals surface area contributed by atoms with Crippen LogP contribution in [-0.2, 0) is 4.74 Å². The number of carbonyl (C=O) groups is 1. The number of methoxy groups -OCH3 is 1. The molecule has 0 aromatic carbocycles. The summed E-state index contributed by atoms with van der Waals surface area (Å²) >= 11 is 0. The average molecular weight is 280 g/mol. The molecular formula is C14H24N4O2. The maximum atomic E-state index is 12.2. The number of ether oxygens (including phenoxy) is 1. The van der Waals surface area contributed by atoms with E-state index < -0.39 is 0 Å². The molecule has 0 radical (unpaired) electrons. The van der Waals surface area contributed by atoms with E-state index in [2.05, 4.69) is 27.5 Å². The molecule has 0 bridgehead atoms. The van der Waals surface area contributed by atoms with E-state index in [9.17, 15) is 4.79 Å². The van der Waals surface area contributed by atoms with Crippen molar-refractivity contribution >= 4 is 11.6 Å². The van der Waals surface area contributed by atoms with E-state index >= 15 is 0 Å². The van der Waals surface area contributed by atoms with E-state index in [-0.39, 0.29) is 11.8 Å². The van der Waals surface area contributed by atoms with Crippen molar-refractivity contribution in [2.24, 2.45) is 0 Å². The van der Waals surface area contributed by atoms with Gasteiger partial charge in [-0.05, 0) is 6.42 Å². The first-order valence-electron chi connectivity index (χ1n) is 6.98. The summed E-state index contributed by atoms with van der Waals surface area (Å²) in [6, 6.07) is 0. The van der Waals surface area contributed by atoms with Gasteiger partial charge in [-0.2, -0.15) is 0 Å². The summed E-state index contributed by atoms with van der Waals surface area (Å²) in [5.41, 5.74) is 1.07. The molecule has 0 unspecified atom stereocenters. The van der Waals surface area contributed by atoms with Crippen LogP contribution >= 0.6 is 0 Å². The normalized spacial score (nSPS) is 10.7. The molecule has 6 nitrogen and oxygen atoms in total. The lowest BCUT2D eigenvalue weighted by atomic mass is 10.2. The number of hydrogen-bond acceptors (Lipinski definition) is 5. The predicted molar refractivity (Wildman–Crippen MR) is 79.1 cm³/mol.